The summed E-state index contributed by atoms with van der Waals surface area (Å²) in [7, 11) is 3.61. The number of halogens is 1. The van der Waals surface area contributed by atoms with Gasteiger partial charge in [-0.3, -0.25) is 4.79 Å². The fourth-order valence-corrected chi connectivity index (χ4v) is 4.16. The topological polar surface area (TPSA) is 69.0 Å². The Labute approximate surface area is 164 Å². The smallest absolute Gasteiger partial charge is 0.231 e. The molecule has 3 heterocycles. The molecule has 1 fully saturated rings. The molecule has 3 aromatic heterocycles. The van der Waals surface area contributed by atoms with E-state index in [0.717, 1.165) is 38.1 Å². The average Bonchev–Trinajstić information content (AvgIpc) is 3.11. The highest BCUT2D eigenvalue weighted by Gasteiger charge is 2.43. The van der Waals surface area contributed by atoms with Gasteiger partial charge in [0.1, 0.15) is 17.7 Å². The van der Waals surface area contributed by atoms with E-state index in [9.17, 15) is 9.18 Å². The summed E-state index contributed by atoms with van der Waals surface area (Å²) in [5.41, 5.74) is 5.54. The number of anilines is 1. The Kier molecular flexibility index (Phi) is 3.83. The number of benzene rings is 1. The number of thiazole rings is 1. The molecule has 0 saturated heterocycles. The fourth-order valence-electron chi connectivity index (χ4n) is 3.47. The van der Waals surface area contributed by atoms with Crippen LogP contribution in [-0.4, -0.2) is 33.7 Å². The molecule has 0 radical (unpaired) electrons. The standard InChI is InChI=1S/C20H17FN4O2S/c1-25-15(12-6-14-18(28-9-23-14)7-17(12)27-2)3-10-4-19(22-8-16(10)25)24-20(26)11-5-13(11)21/h3-4,6-9,11,13H,5H2,1-2H3,(H,22,24,26)/t11-,13+/m1/s1. The molecule has 1 amide bonds. The number of nitrogens with zero attached hydrogens (tertiary/aromatic N) is 3. The Balaban J connectivity index is 1.57. The number of aromatic nitrogens is 3. The first-order valence-corrected chi connectivity index (χ1v) is 9.75. The van der Waals surface area contributed by atoms with Crippen LogP contribution in [0.3, 0.4) is 0 Å². The number of hydrogen-bond donors (Lipinski definition) is 1. The van der Waals surface area contributed by atoms with Gasteiger partial charge in [0.15, 0.2) is 0 Å². The van der Waals surface area contributed by atoms with Crippen molar-refractivity contribution in [2.24, 2.45) is 13.0 Å². The van der Waals surface area contributed by atoms with E-state index in [4.69, 9.17) is 4.74 Å². The highest BCUT2D eigenvalue weighted by Crippen LogP contribution is 2.38. The number of rotatable bonds is 4. The number of fused-ring (bicyclic) bond motifs is 2. The number of carbonyl (C=O) groups is 1. The number of amides is 1. The maximum atomic E-state index is 13.1. The monoisotopic (exact) mass is 396 g/mol. The Morgan fingerprint density at radius 3 is 2.89 bits per heavy atom. The van der Waals surface area contributed by atoms with Gasteiger partial charge < -0.3 is 14.6 Å². The number of nitrogens with one attached hydrogen (secondary N) is 1. The van der Waals surface area contributed by atoms with Crippen molar-refractivity contribution in [2.75, 3.05) is 12.4 Å². The second-order valence-electron chi connectivity index (χ2n) is 6.94. The van der Waals surface area contributed by atoms with Crippen LogP contribution < -0.4 is 10.1 Å². The number of pyridine rings is 1. The minimum atomic E-state index is -1.03. The van der Waals surface area contributed by atoms with E-state index in [0.29, 0.717) is 12.2 Å². The van der Waals surface area contributed by atoms with Crippen molar-refractivity contribution < 1.29 is 13.9 Å². The Morgan fingerprint density at radius 2 is 2.14 bits per heavy atom. The van der Waals surface area contributed by atoms with Gasteiger partial charge >= 0.3 is 0 Å². The van der Waals surface area contributed by atoms with Gasteiger partial charge in [0.25, 0.3) is 0 Å². The first-order chi connectivity index (χ1) is 13.5. The van der Waals surface area contributed by atoms with Crippen LogP contribution in [0.15, 0.2) is 36.0 Å². The maximum absolute atomic E-state index is 13.1. The molecule has 1 aliphatic rings. The third-order valence-corrected chi connectivity index (χ3v) is 5.95. The lowest BCUT2D eigenvalue weighted by Gasteiger charge is -2.10. The van der Waals surface area contributed by atoms with Crippen LogP contribution in [0.4, 0.5) is 10.2 Å². The molecule has 8 heteroatoms. The quantitative estimate of drug-likeness (QED) is 0.563. The van der Waals surface area contributed by atoms with Gasteiger partial charge in [-0.1, -0.05) is 0 Å². The number of aryl methyl sites for hydroxylation is 1. The first kappa shape index (κ1) is 17.1. The van der Waals surface area contributed by atoms with E-state index in [1.807, 2.05) is 35.3 Å². The molecule has 5 rings (SSSR count). The number of alkyl halides is 1. The second-order valence-corrected chi connectivity index (χ2v) is 7.82. The predicted molar refractivity (Wildman–Crippen MR) is 108 cm³/mol. The summed E-state index contributed by atoms with van der Waals surface area (Å²) in [4.78, 5) is 20.7. The molecule has 142 valence electrons. The highest BCUT2D eigenvalue weighted by atomic mass is 32.1. The van der Waals surface area contributed by atoms with E-state index >= 15 is 0 Å². The van der Waals surface area contributed by atoms with Crippen molar-refractivity contribution >= 4 is 44.2 Å². The van der Waals surface area contributed by atoms with Crippen LogP contribution in [0.5, 0.6) is 5.75 Å². The van der Waals surface area contributed by atoms with Crippen LogP contribution in [0.1, 0.15) is 6.42 Å². The third-order valence-electron chi connectivity index (χ3n) is 5.16. The van der Waals surface area contributed by atoms with Crippen molar-refractivity contribution in [1.82, 2.24) is 14.5 Å². The lowest BCUT2D eigenvalue weighted by Crippen LogP contribution is -2.15. The largest absolute Gasteiger partial charge is 0.496 e. The van der Waals surface area contributed by atoms with Gasteiger partial charge in [0, 0.05) is 24.1 Å². The molecule has 28 heavy (non-hydrogen) atoms. The van der Waals surface area contributed by atoms with E-state index in [-0.39, 0.29) is 5.91 Å². The van der Waals surface area contributed by atoms with E-state index in [1.54, 1.807) is 30.7 Å². The zero-order valence-electron chi connectivity index (χ0n) is 15.3. The van der Waals surface area contributed by atoms with Crippen molar-refractivity contribution in [1.29, 1.82) is 0 Å². The molecular formula is C20H17FN4O2S. The van der Waals surface area contributed by atoms with Gasteiger partial charge in [-0.25, -0.2) is 14.4 Å². The van der Waals surface area contributed by atoms with Crippen LogP contribution in [0, 0.1) is 5.92 Å². The highest BCUT2D eigenvalue weighted by molar-refractivity contribution is 7.16. The summed E-state index contributed by atoms with van der Waals surface area (Å²) >= 11 is 1.57. The number of carbonyl (C=O) groups excluding carboxylic acids is 1. The summed E-state index contributed by atoms with van der Waals surface area (Å²) in [6, 6.07) is 7.84. The first-order valence-electron chi connectivity index (χ1n) is 8.87. The Morgan fingerprint density at radius 1 is 1.32 bits per heavy atom. The molecule has 4 aromatic rings. The molecule has 0 spiro atoms. The summed E-state index contributed by atoms with van der Waals surface area (Å²) in [5, 5.41) is 3.63. The molecular weight excluding hydrogens is 379 g/mol. The molecule has 1 aliphatic carbocycles. The molecule has 0 bridgehead atoms. The molecule has 1 saturated carbocycles. The molecule has 0 aliphatic heterocycles. The summed E-state index contributed by atoms with van der Waals surface area (Å²) in [5.74, 6) is 0.339. The number of ether oxygens (including phenoxy) is 1. The van der Waals surface area contributed by atoms with Gasteiger partial charge in [-0.05, 0) is 24.6 Å². The Bertz CT molecular complexity index is 1230. The van der Waals surface area contributed by atoms with Crippen molar-refractivity contribution in [3.63, 3.8) is 0 Å². The summed E-state index contributed by atoms with van der Waals surface area (Å²) in [6.45, 7) is 0. The normalized spacial score (nSPS) is 18.5. The van der Waals surface area contributed by atoms with Gasteiger partial charge in [0.2, 0.25) is 5.91 Å². The average molecular weight is 396 g/mol. The SMILES string of the molecule is COc1cc2scnc2cc1-c1cc2cc(NC(=O)[C@@H]3C[C@@H]3F)ncc2n1C. The van der Waals surface area contributed by atoms with Crippen LogP contribution >= 0.6 is 11.3 Å². The molecule has 6 nitrogen and oxygen atoms in total. The van der Waals surface area contributed by atoms with E-state index in [2.05, 4.69) is 15.3 Å². The van der Waals surface area contributed by atoms with E-state index in [1.165, 1.54) is 0 Å². The zero-order valence-corrected chi connectivity index (χ0v) is 16.1. The lowest BCUT2D eigenvalue weighted by atomic mass is 10.1. The minimum Gasteiger partial charge on any atom is -0.496 e. The van der Waals surface area contributed by atoms with Crippen molar-refractivity contribution in [3.05, 3.63) is 36.0 Å². The van der Waals surface area contributed by atoms with Gasteiger partial charge in [-0.15, -0.1) is 11.3 Å². The predicted octanol–water partition coefficient (Wildman–Crippen LogP) is 4.16. The minimum absolute atomic E-state index is 0.294. The zero-order chi connectivity index (χ0) is 19.4. The molecule has 2 atom stereocenters. The second kappa shape index (κ2) is 6.27. The van der Waals surface area contributed by atoms with Crippen LogP contribution in [0.25, 0.3) is 32.4 Å². The third kappa shape index (κ3) is 2.72. The number of methoxy groups -OCH3 is 1. The van der Waals surface area contributed by atoms with Gasteiger partial charge in [-0.2, -0.15) is 0 Å². The Hall–Kier alpha value is -3.00. The van der Waals surface area contributed by atoms with Crippen LogP contribution in [0.2, 0.25) is 0 Å². The molecule has 1 aromatic carbocycles. The van der Waals surface area contributed by atoms with Gasteiger partial charge in [0.05, 0.1) is 46.2 Å². The van der Waals surface area contributed by atoms with Crippen molar-refractivity contribution in [3.8, 4) is 17.0 Å². The fraction of sp³-hybridized carbons (Fsp3) is 0.250. The lowest BCUT2D eigenvalue weighted by molar-refractivity contribution is -0.117. The van der Waals surface area contributed by atoms with E-state index < -0.39 is 12.1 Å². The summed E-state index contributed by atoms with van der Waals surface area (Å²) < 4.78 is 21.8. The maximum Gasteiger partial charge on any atom is 0.231 e. The molecule has 0 unspecified atom stereocenters. The summed E-state index contributed by atoms with van der Waals surface area (Å²) in [6.07, 6.45) is 0.977. The molecule has 1 N–H and O–H groups in total. The number of hydrogen-bond acceptors (Lipinski definition) is 5. The van der Waals surface area contributed by atoms with Crippen molar-refractivity contribution in [2.45, 2.75) is 12.6 Å². The van der Waals surface area contributed by atoms with Crippen LogP contribution in [-0.2, 0) is 11.8 Å².